The van der Waals surface area contributed by atoms with Crippen LogP contribution < -0.4 is 0 Å². The molecule has 1 aromatic rings. The molecule has 0 bridgehead atoms. The van der Waals surface area contributed by atoms with Crippen LogP contribution >= 0.6 is 31.9 Å². The van der Waals surface area contributed by atoms with E-state index in [2.05, 4.69) is 42.1 Å². The summed E-state index contributed by atoms with van der Waals surface area (Å²) in [5.74, 6) is -0.0208. The van der Waals surface area contributed by atoms with Gasteiger partial charge >= 0.3 is 0 Å². The van der Waals surface area contributed by atoms with Gasteiger partial charge < -0.3 is 0 Å². The molecule has 1 N–H and O–H groups in total. The fourth-order valence-electron chi connectivity index (χ4n) is 0.600. The molecule has 0 saturated heterocycles. The van der Waals surface area contributed by atoms with Gasteiger partial charge in [0.05, 0.1) is 5.56 Å². The third kappa shape index (κ3) is 1.29. The highest BCUT2D eigenvalue weighted by atomic mass is 79.9. The number of rotatable bonds is 1. The van der Waals surface area contributed by atoms with Crippen molar-refractivity contribution < 1.29 is 4.79 Å². The van der Waals surface area contributed by atoms with Crippen LogP contribution in [0.15, 0.2) is 9.21 Å². The second-order valence-electron chi connectivity index (χ2n) is 1.76. The fourth-order valence-corrected chi connectivity index (χ4v) is 1.99. The molecule has 1 heterocycles. The first-order valence-electron chi connectivity index (χ1n) is 2.53. The van der Waals surface area contributed by atoms with Gasteiger partial charge in [0, 0.05) is 0 Å². The number of aromatic nitrogens is 2. The van der Waals surface area contributed by atoms with Crippen LogP contribution in [0.2, 0.25) is 0 Å². The fraction of sp³-hybridized carbons (Fsp3) is 0.200. The van der Waals surface area contributed by atoms with E-state index in [9.17, 15) is 4.79 Å². The van der Waals surface area contributed by atoms with Crippen LogP contribution in [0.4, 0.5) is 0 Å². The zero-order valence-corrected chi connectivity index (χ0v) is 8.28. The van der Waals surface area contributed by atoms with Crippen LogP contribution in [0.25, 0.3) is 0 Å². The number of hydrogen-bond donors (Lipinski definition) is 1. The molecule has 0 atom stereocenters. The molecule has 0 unspecified atom stereocenters. The number of H-pyrrole nitrogens is 1. The summed E-state index contributed by atoms with van der Waals surface area (Å²) in [6.07, 6.45) is 0. The van der Waals surface area contributed by atoms with Crippen molar-refractivity contribution >= 4 is 37.6 Å². The van der Waals surface area contributed by atoms with Crippen molar-refractivity contribution in [3.8, 4) is 0 Å². The van der Waals surface area contributed by atoms with Gasteiger partial charge in [0.25, 0.3) is 0 Å². The monoisotopic (exact) mass is 266 g/mol. The Morgan fingerprint density at radius 1 is 1.60 bits per heavy atom. The van der Waals surface area contributed by atoms with Gasteiger partial charge in [-0.2, -0.15) is 5.10 Å². The summed E-state index contributed by atoms with van der Waals surface area (Å²) < 4.78 is 1.17. The maximum Gasteiger partial charge on any atom is 0.165 e. The van der Waals surface area contributed by atoms with Crippen molar-refractivity contribution in [2.45, 2.75) is 6.92 Å². The summed E-state index contributed by atoms with van der Waals surface area (Å²) >= 11 is 6.27. The number of ketones is 1. The zero-order valence-electron chi connectivity index (χ0n) is 5.11. The molecule has 0 fully saturated rings. The highest BCUT2D eigenvalue weighted by Gasteiger charge is 2.12. The van der Waals surface area contributed by atoms with Gasteiger partial charge in [0.15, 0.2) is 5.78 Å². The minimum atomic E-state index is -0.0208. The SMILES string of the molecule is CC(=O)c1c(Br)n[nH]c1Br. The predicted molar refractivity (Wildman–Crippen MR) is 44.0 cm³/mol. The maximum atomic E-state index is 10.8. The Labute approximate surface area is 74.5 Å². The molecular weight excluding hydrogens is 264 g/mol. The largest absolute Gasteiger partial charge is 0.294 e. The normalized spacial score (nSPS) is 9.90. The second kappa shape index (κ2) is 2.84. The van der Waals surface area contributed by atoms with Crippen LogP contribution in [0, 0.1) is 0 Å². The molecule has 0 aliphatic rings. The molecule has 5 heteroatoms. The number of carbonyl (C=O) groups excluding carboxylic acids is 1. The average Bonchev–Trinajstić information content (AvgIpc) is 2.11. The summed E-state index contributed by atoms with van der Waals surface area (Å²) in [5.41, 5.74) is 0.556. The van der Waals surface area contributed by atoms with Gasteiger partial charge in [-0.25, -0.2) is 0 Å². The molecule has 0 saturated carbocycles. The predicted octanol–water partition coefficient (Wildman–Crippen LogP) is 2.14. The lowest BCUT2D eigenvalue weighted by atomic mass is 10.3. The van der Waals surface area contributed by atoms with Crippen molar-refractivity contribution in [2.75, 3.05) is 0 Å². The summed E-state index contributed by atoms with van der Waals surface area (Å²) in [7, 11) is 0. The van der Waals surface area contributed by atoms with E-state index in [0.717, 1.165) is 0 Å². The van der Waals surface area contributed by atoms with E-state index in [0.29, 0.717) is 14.8 Å². The Kier molecular flexibility index (Phi) is 2.25. The number of aromatic amines is 1. The Hall–Kier alpha value is -0.160. The van der Waals surface area contributed by atoms with Crippen LogP contribution in [0.1, 0.15) is 17.3 Å². The van der Waals surface area contributed by atoms with Crippen molar-refractivity contribution in [3.05, 3.63) is 14.8 Å². The lowest BCUT2D eigenvalue weighted by Crippen LogP contribution is -1.90. The van der Waals surface area contributed by atoms with Gasteiger partial charge in [0.1, 0.15) is 9.21 Å². The van der Waals surface area contributed by atoms with Crippen molar-refractivity contribution in [2.24, 2.45) is 0 Å². The molecule has 1 aromatic heterocycles. The van der Waals surface area contributed by atoms with E-state index in [1.54, 1.807) is 0 Å². The number of halogens is 2. The van der Waals surface area contributed by atoms with Crippen molar-refractivity contribution in [1.29, 1.82) is 0 Å². The first kappa shape index (κ1) is 7.94. The molecule has 0 aromatic carbocycles. The quantitative estimate of drug-likeness (QED) is 0.793. The summed E-state index contributed by atoms with van der Waals surface area (Å²) in [6, 6.07) is 0. The number of carbonyl (C=O) groups is 1. The number of Topliss-reactive ketones (excluding diaryl/α,β-unsaturated/α-hetero) is 1. The third-order valence-corrected chi connectivity index (χ3v) is 2.18. The number of nitrogens with zero attached hydrogens (tertiary/aromatic N) is 1. The van der Waals surface area contributed by atoms with E-state index >= 15 is 0 Å². The smallest absolute Gasteiger partial charge is 0.165 e. The second-order valence-corrected chi connectivity index (χ2v) is 3.30. The van der Waals surface area contributed by atoms with Crippen LogP contribution in [-0.4, -0.2) is 16.0 Å². The van der Waals surface area contributed by atoms with Gasteiger partial charge in [-0.3, -0.25) is 9.89 Å². The minimum absolute atomic E-state index is 0.0208. The molecule has 10 heavy (non-hydrogen) atoms. The van der Waals surface area contributed by atoms with Gasteiger partial charge in [-0.05, 0) is 38.8 Å². The first-order valence-corrected chi connectivity index (χ1v) is 4.12. The Morgan fingerprint density at radius 2 is 2.20 bits per heavy atom. The number of hydrogen-bond acceptors (Lipinski definition) is 2. The van der Waals surface area contributed by atoms with E-state index in [-0.39, 0.29) is 5.78 Å². The highest BCUT2D eigenvalue weighted by Crippen LogP contribution is 2.21. The Morgan fingerprint density at radius 3 is 2.40 bits per heavy atom. The van der Waals surface area contributed by atoms with Crippen LogP contribution in [0.5, 0.6) is 0 Å². The van der Waals surface area contributed by atoms with E-state index in [1.165, 1.54) is 6.92 Å². The van der Waals surface area contributed by atoms with Gasteiger partial charge in [-0.15, -0.1) is 0 Å². The van der Waals surface area contributed by atoms with E-state index in [1.807, 2.05) is 0 Å². The first-order chi connectivity index (χ1) is 4.63. The number of nitrogens with one attached hydrogen (secondary N) is 1. The van der Waals surface area contributed by atoms with Crippen molar-refractivity contribution in [1.82, 2.24) is 10.2 Å². The third-order valence-electron chi connectivity index (χ3n) is 1.03. The van der Waals surface area contributed by atoms with Crippen molar-refractivity contribution in [3.63, 3.8) is 0 Å². The van der Waals surface area contributed by atoms with Crippen LogP contribution in [-0.2, 0) is 0 Å². The summed E-state index contributed by atoms with van der Waals surface area (Å²) in [4.78, 5) is 10.8. The maximum absolute atomic E-state index is 10.8. The van der Waals surface area contributed by atoms with Gasteiger partial charge in [-0.1, -0.05) is 0 Å². The lowest BCUT2D eigenvalue weighted by molar-refractivity contribution is 0.101. The van der Waals surface area contributed by atoms with Gasteiger partial charge in [0.2, 0.25) is 0 Å². The molecule has 0 radical (unpaired) electrons. The highest BCUT2D eigenvalue weighted by molar-refractivity contribution is 9.11. The molecular formula is C5H4Br2N2O. The molecule has 0 spiro atoms. The molecule has 0 aliphatic carbocycles. The van der Waals surface area contributed by atoms with E-state index in [4.69, 9.17) is 0 Å². The Balaban J connectivity index is 3.23. The molecule has 1 rings (SSSR count). The average molecular weight is 268 g/mol. The molecule has 54 valence electrons. The summed E-state index contributed by atoms with van der Waals surface area (Å²) in [6.45, 7) is 1.49. The lowest BCUT2D eigenvalue weighted by Gasteiger charge is -1.87. The zero-order chi connectivity index (χ0) is 7.72. The minimum Gasteiger partial charge on any atom is -0.294 e. The molecule has 3 nitrogen and oxygen atoms in total. The summed E-state index contributed by atoms with van der Waals surface area (Å²) in [5, 5.41) is 6.38. The standard InChI is InChI=1S/C5H4Br2N2O/c1-2(10)3-4(6)8-9-5(3)7/h1H3,(H,8,9). The molecule has 0 aliphatic heterocycles. The van der Waals surface area contributed by atoms with Crippen LogP contribution in [0.3, 0.4) is 0 Å². The topological polar surface area (TPSA) is 45.8 Å². The molecule has 0 amide bonds. The van der Waals surface area contributed by atoms with E-state index < -0.39 is 0 Å². The Bertz CT molecular complexity index is 249.